The minimum atomic E-state index is -3.85. The molecular weight excluding hydrogens is 334 g/mol. The molecule has 8 nitrogen and oxygen atoms in total. The molecule has 1 aromatic rings. The molecule has 0 aliphatic carbocycles. The standard InChI is InChI=1S/C15H25N3O5S/c1-4-22-13-7-6-12(8-14(13)23-5-2)24(20,21)17-10-15(19)18-11(3)9-16/h6-8,11,17H,4-5,9-10,16H2,1-3H3,(H,18,19)/t11-/m0/s1. The Hall–Kier alpha value is -1.84. The van der Waals surface area contributed by atoms with Crippen molar-refractivity contribution in [1.29, 1.82) is 0 Å². The van der Waals surface area contributed by atoms with Crippen molar-refractivity contribution in [1.82, 2.24) is 10.0 Å². The smallest absolute Gasteiger partial charge is 0.241 e. The summed E-state index contributed by atoms with van der Waals surface area (Å²) in [5.74, 6) is 0.351. The van der Waals surface area contributed by atoms with Crippen LogP contribution >= 0.6 is 0 Å². The third-order valence-electron chi connectivity index (χ3n) is 3.01. The molecular formula is C15H25N3O5S. The maximum absolute atomic E-state index is 12.3. The Morgan fingerprint density at radius 1 is 1.21 bits per heavy atom. The molecule has 136 valence electrons. The molecule has 1 rings (SSSR count). The van der Waals surface area contributed by atoms with E-state index in [4.69, 9.17) is 15.2 Å². The van der Waals surface area contributed by atoms with Crippen LogP contribution in [0.3, 0.4) is 0 Å². The summed E-state index contributed by atoms with van der Waals surface area (Å²) in [4.78, 5) is 11.7. The van der Waals surface area contributed by atoms with E-state index in [-0.39, 0.29) is 24.0 Å². The van der Waals surface area contributed by atoms with Gasteiger partial charge in [0.05, 0.1) is 24.7 Å². The van der Waals surface area contributed by atoms with Crippen LogP contribution in [0.5, 0.6) is 11.5 Å². The highest BCUT2D eigenvalue weighted by molar-refractivity contribution is 7.89. The first kappa shape index (κ1) is 20.2. The number of rotatable bonds is 10. The summed E-state index contributed by atoms with van der Waals surface area (Å²) in [6, 6.07) is 4.07. The van der Waals surface area contributed by atoms with Gasteiger partial charge in [0.15, 0.2) is 11.5 Å². The number of nitrogens with two attached hydrogens (primary N) is 1. The molecule has 0 radical (unpaired) electrons. The molecule has 0 saturated carbocycles. The van der Waals surface area contributed by atoms with E-state index in [1.165, 1.54) is 18.2 Å². The van der Waals surface area contributed by atoms with Crippen LogP contribution in [0, 0.1) is 0 Å². The van der Waals surface area contributed by atoms with Crippen molar-refractivity contribution < 1.29 is 22.7 Å². The highest BCUT2D eigenvalue weighted by Crippen LogP contribution is 2.30. The summed E-state index contributed by atoms with van der Waals surface area (Å²) in [5.41, 5.74) is 5.40. The minimum absolute atomic E-state index is 0.00548. The van der Waals surface area contributed by atoms with Crippen LogP contribution in [0.15, 0.2) is 23.1 Å². The van der Waals surface area contributed by atoms with E-state index in [9.17, 15) is 13.2 Å². The van der Waals surface area contributed by atoms with Gasteiger partial charge in [0, 0.05) is 18.7 Å². The number of carbonyl (C=O) groups excluding carboxylic acids is 1. The molecule has 0 heterocycles. The lowest BCUT2D eigenvalue weighted by Gasteiger charge is -2.14. The Balaban J connectivity index is 2.86. The number of ether oxygens (including phenoxy) is 2. The number of nitrogens with one attached hydrogen (secondary N) is 2. The molecule has 1 aromatic carbocycles. The van der Waals surface area contributed by atoms with Crippen molar-refractivity contribution in [2.75, 3.05) is 26.3 Å². The van der Waals surface area contributed by atoms with E-state index in [2.05, 4.69) is 10.0 Å². The molecule has 0 bridgehead atoms. The average Bonchev–Trinajstić information content (AvgIpc) is 2.55. The molecule has 0 aromatic heterocycles. The quantitative estimate of drug-likeness (QED) is 0.550. The summed E-state index contributed by atoms with van der Waals surface area (Å²) in [6.45, 7) is 6.05. The van der Waals surface area contributed by atoms with Gasteiger partial charge in [-0.25, -0.2) is 13.1 Å². The van der Waals surface area contributed by atoms with E-state index in [1.807, 2.05) is 6.92 Å². The van der Waals surface area contributed by atoms with Gasteiger partial charge in [0.1, 0.15) is 0 Å². The molecule has 0 aliphatic heterocycles. The normalized spacial score (nSPS) is 12.5. The molecule has 0 fully saturated rings. The van der Waals surface area contributed by atoms with Crippen LogP contribution in [0.1, 0.15) is 20.8 Å². The largest absolute Gasteiger partial charge is 0.490 e. The highest BCUT2D eigenvalue weighted by atomic mass is 32.2. The monoisotopic (exact) mass is 359 g/mol. The van der Waals surface area contributed by atoms with Crippen molar-refractivity contribution in [3.63, 3.8) is 0 Å². The maximum Gasteiger partial charge on any atom is 0.241 e. The lowest BCUT2D eigenvalue weighted by atomic mass is 10.3. The van der Waals surface area contributed by atoms with Crippen molar-refractivity contribution in [2.24, 2.45) is 5.73 Å². The predicted octanol–water partition coefficient (Wildman–Crippen LogP) is 0.226. The lowest BCUT2D eigenvalue weighted by molar-refractivity contribution is -0.120. The van der Waals surface area contributed by atoms with Crippen LogP contribution < -0.4 is 25.2 Å². The van der Waals surface area contributed by atoms with Gasteiger partial charge in [-0.3, -0.25) is 4.79 Å². The second-order valence-corrected chi connectivity index (χ2v) is 6.77. The Bertz CT molecular complexity index is 649. The van der Waals surface area contributed by atoms with Gasteiger partial charge in [-0.2, -0.15) is 0 Å². The number of carbonyl (C=O) groups is 1. The minimum Gasteiger partial charge on any atom is -0.490 e. The van der Waals surface area contributed by atoms with Crippen molar-refractivity contribution in [2.45, 2.75) is 31.7 Å². The number of amides is 1. The number of hydrogen-bond donors (Lipinski definition) is 3. The van der Waals surface area contributed by atoms with Gasteiger partial charge in [-0.05, 0) is 32.9 Å². The van der Waals surface area contributed by atoms with E-state index in [0.717, 1.165) is 0 Å². The Morgan fingerprint density at radius 2 is 1.83 bits per heavy atom. The van der Waals surface area contributed by atoms with E-state index in [0.29, 0.717) is 24.7 Å². The average molecular weight is 359 g/mol. The Morgan fingerprint density at radius 3 is 2.42 bits per heavy atom. The third kappa shape index (κ3) is 5.99. The van der Waals surface area contributed by atoms with E-state index < -0.39 is 15.9 Å². The van der Waals surface area contributed by atoms with Gasteiger partial charge in [0.2, 0.25) is 15.9 Å². The Labute approximate surface area is 142 Å². The van der Waals surface area contributed by atoms with Crippen molar-refractivity contribution in [3.8, 4) is 11.5 Å². The first-order valence-corrected chi connectivity index (χ1v) is 9.21. The van der Waals surface area contributed by atoms with Gasteiger partial charge < -0.3 is 20.5 Å². The van der Waals surface area contributed by atoms with Crippen LogP contribution in [0.25, 0.3) is 0 Å². The topological polar surface area (TPSA) is 120 Å². The zero-order chi connectivity index (χ0) is 18.2. The SMILES string of the molecule is CCOc1ccc(S(=O)(=O)NCC(=O)N[C@@H](C)CN)cc1OCC. The van der Waals surface area contributed by atoms with E-state index >= 15 is 0 Å². The summed E-state index contributed by atoms with van der Waals surface area (Å²) in [5, 5.41) is 2.58. The van der Waals surface area contributed by atoms with Crippen LogP contribution in [0.2, 0.25) is 0 Å². The van der Waals surface area contributed by atoms with Gasteiger partial charge in [-0.15, -0.1) is 0 Å². The van der Waals surface area contributed by atoms with Crippen LogP contribution in [-0.4, -0.2) is 46.7 Å². The first-order valence-electron chi connectivity index (χ1n) is 7.72. The zero-order valence-electron chi connectivity index (χ0n) is 14.2. The number of hydrogen-bond acceptors (Lipinski definition) is 6. The van der Waals surface area contributed by atoms with Crippen LogP contribution in [-0.2, 0) is 14.8 Å². The molecule has 0 saturated heterocycles. The maximum atomic E-state index is 12.3. The summed E-state index contributed by atoms with van der Waals surface area (Å²) in [6.07, 6.45) is 0. The Kier molecular flexibility index (Phi) is 7.96. The van der Waals surface area contributed by atoms with Crippen molar-refractivity contribution >= 4 is 15.9 Å². The molecule has 4 N–H and O–H groups in total. The molecule has 0 unspecified atom stereocenters. The van der Waals surface area contributed by atoms with Gasteiger partial charge >= 0.3 is 0 Å². The fraction of sp³-hybridized carbons (Fsp3) is 0.533. The molecule has 0 aliphatic rings. The second-order valence-electron chi connectivity index (χ2n) is 5.00. The fourth-order valence-corrected chi connectivity index (χ4v) is 2.82. The third-order valence-corrected chi connectivity index (χ3v) is 4.41. The molecule has 9 heteroatoms. The number of sulfonamides is 1. The summed E-state index contributed by atoms with van der Waals surface area (Å²) in [7, 11) is -3.85. The number of benzene rings is 1. The highest BCUT2D eigenvalue weighted by Gasteiger charge is 2.18. The predicted molar refractivity (Wildman–Crippen MR) is 90.6 cm³/mol. The molecule has 1 atom stereocenters. The second kappa shape index (κ2) is 9.45. The molecule has 1 amide bonds. The van der Waals surface area contributed by atoms with Crippen molar-refractivity contribution in [3.05, 3.63) is 18.2 Å². The van der Waals surface area contributed by atoms with Gasteiger partial charge in [-0.1, -0.05) is 0 Å². The molecule has 0 spiro atoms. The van der Waals surface area contributed by atoms with Crippen LogP contribution in [0.4, 0.5) is 0 Å². The summed E-state index contributed by atoms with van der Waals surface area (Å²) < 4.78 is 37.7. The van der Waals surface area contributed by atoms with E-state index in [1.54, 1.807) is 13.8 Å². The fourth-order valence-electron chi connectivity index (χ4n) is 1.83. The van der Waals surface area contributed by atoms with Gasteiger partial charge in [0.25, 0.3) is 0 Å². The zero-order valence-corrected chi connectivity index (χ0v) is 15.0. The summed E-state index contributed by atoms with van der Waals surface area (Å²) >= 11 is 0. The molecule has 24 heavy (non-hydrogen) atoms. The lowest BCUT2D eigenvalue weighted by Crippen LogP contribution is -2.43. The first-order chi connectivity index (χ1) is 11.3.